The van der Waals surface area contributed by atoms with E-state index in [4.69, 9.17) is 9.47 Å². The number of hydrogen-bond acceptors (Lipinski definition) is 3. The normalized spacial score (nSPS) is 28.1. The molecule has 2 atom stereocenters. The molecule has 0 unspecified atom stereocenters. The molecule has 0 aliphatic carbocycles. The molecule has 0 aromatic heterocycles. The summed E-state index contributed by atoms with van der Waals surface area (Å²) in [7, 11) is 0. The van der Waals surface area contributed by atoms with Gasteiger partial charge in [-0.05, 0) is 25.0 Å². The Morgan fingerprint density at radius 2 is 2.13 bits per heavy atom. The molecule has 2 heterocycles. The topological polar surface area (TPSA) is 42.0 Å². The van der Waals surface area contributed by atoms with E-state index >= 15 is 0 Å². The molecule has 0 radical (unpaired) electrons. The number of ether oxygens (including phenoxy) is 2. The van der Waals surface area contributed by atoms with Crippen LogP contribution in [-0.2, 0) is 11.2 Å². The van der Waals surface area contributed by atoms with E-state index in [1.165, 1.54) is 6.07 Å². The summed E-state index contributed by atoms with van der Waals surface area (Å²) in [6.07, 6.45) is 1.56. The van der Waals surface area contributed by atoms with E-state index < -0.39 is 5.82 Å². The lowest BCUT2D eigenvalue weighted by molar-refractivity contribution is 0.134. The number of phenolic OH excluding ortho intramolecular Hbond substituents is 1. The third kappa shape index (κ3) is 1.45. The maximum Gasteiger partial charge on any atom is 0.171 e. The second kappa shape index (κ2) is 3.10. The number of aromatic hydroxyl groups is 1. The molecule has 1 N–H and O–H groups in total. The summed E-state index contributed by atoms with van der Waals surface area (Å²) in [6, 6.07) is 2.94. The highest BCUT2D eigenvalue weighted by atomic mass is 19.1. The molecule has 15 heavy (non-hydrogen) atoms. The van der Waals surface area contributed by atoms with Crippen LogP contribution in [0.15, 0.2) is 12.1 Å². The molecule has 1 fully saturated rings. The van der Waals surface area contributed by atoms with Gasteiger partial charge >= 0.3 is 0 Å². The predicted octanol–water partition coefficient (Wildman–Crippen LogP) is 1.62. The van der Waals surface area contributed by atoms with Gasteiger partial charge in [0.1, 0.15) is 18.0 Å². The van der Waals surface area contributed by atoms with E-state index in [-0.39, 0.29) is 18.0 Å². The Morgan fingerprint density at radius 3 is 2.87 bits per heavy atom. The van der Waals surface area contributed by atoms with Gasteiger partial charge in [-0.25, -0.2) is 4.39 Å². The van der Waals surface area contributed by atoms with Crippen molar-refractivity contribution in [2.75, 3.05) is 6.61 Å². The number of hydrogen-bond donors (Lipinski definition) is 1. The van der Waals surface area contributed by atoms with Crippen molar-refractivity contribution in [2.24, 2.45) is 0 Å². The van der Waals surface area contributed by atoms with E-state index in [2.05, 4.69) is 0 Å². The quantitative estimate of drug-likeness (QED) is 0.716. The lowest BCUT2D eigenvalue weighted by atomic mass is 10.00. The summed E-state index contributed by atoms with van der Waals surface area (Å²) in [5.41, 5.74) is 0.479. The molecule has 0 bridgehead atoms. The molecule has 0 saturated carbocycles. The maximum absolute atomic E-state index is 13.5. The van der Waals surface area contributed by atoms with E-state index in [9.17, 15) is 9.50 Å². The first kappa shape index (κ1) is 8.97. The largest absolute Gasteiger partial charge is 0.505 e. The Kier molecular flexibility index (Phi) is 1.85. The number of epoxide rings is 1. The van der Waals surface area contributed by atoms with Crippen LogP contribution < -0.4 is 4.74 Å². The highest BCUT2D eigenvalue weighted by Gasteiger charge is 2.37. The summed E-state index contributed by atoms with van der Waals surface area (Å²) >= 11 is 0. The smallest absolute Gasteiger partial charge is 0.171 e. The van der Waals surface area contributed by atoms with Crippen LogP contribution in [0.2, 0.25) is 0 Å². The van der Waals surface area contributed by atoms with Crippen molar-refractivity contribution < 1.29 is 19.0 Å². The minimum absolute atomic E-state index is 0.0430. The minimum atomic E-state index is -0.553. The molecule has 1 saturated heterocycles. The second-order valence-electron chi connectivity index (χ2n) is 3.94. The lowest BCUT2D eigenvalue weighted by Gasteiger charge is -2.25. The Labute approximate surface area is 86.4 Å². The van der Waals surface area contributed by atoms with E-state index in [0.717, 1.165) is 13.0 Å². The van der Waals surface area contributed by atoms with Crippen LogP contribution in [0.1, 0.15) is 12.0 Å². The highest BCUT2D eigenvalue weighted by molar-refractivity contribution is 5.42. The lowest BCUT2D eigenvalue weighted by Crippen LogP contribution is -2.28. The molecular weight excluding hydrogens is 199 g/mol. The fourth-order valence-corrected chi connectivity index (χ4v) is 1.98. The van der Waals surface area contributed by atoms with Crippen LogP contribution in [0.3, 0.4) is 0 Å². The maximum atomic E-state index is 13.5. The minimum Gasteiger partial charge on any atom is -0.505 e. The fourth-order valence-electron chi connectivity index (χ4n) is 1.98. The van der Waals surface area contributed by atoms with Crippen LogP contribution in [0.25, 0.3) is 0 Å². The van der Waals surface area contributed by atoms with Gasteiger partial charge in [0.05, 0.1) is 6.61 Å². The highest BCUT2D eigenvalue weighted by Crippen LogP contribution is 2.36. The monoisotopic (exact) mass is 210 g/mol. The summed E-state index contributed by atoms with van der Waals surface area (Å²) in [4.78, 5) is 0. The molecule has 4 heteroatoms. The molecule has 1 aromatic carbocycles. The zero-order valence-electron chi connectivity index (χ0n) is 8.07. The average Bonchev–Trinajstić information content (AvgIpc) is 3.07. The molecule has 80 valence electrons. The van der Waals surface area contributed by atoms with Gasteiger partial charge in [-0.2, -0.15) is 0 Å². The molecule has 2 aliphatic rings. The van der Waals surface area contributed by atoms with Gasteiger partial charge in [0.25, 0.3) is 0 Å². The predicted molar refractivity (Wildman–Crippen MR) is 50.5 cm³/mol. The van der Waals surface area contributed by atoms with Gasteiger partial charge < -0.3 is 14.6 Å². The fraction of sp³-hybridized carbons (Fsp3) is 0.455. The molecule has 3 nitrogen and oxygen atoms in total. The van der Waals surface area contributed by atoms with Gasteiger partial charge in [-0.3, -0.25) is 0 Å². The third-order valence-electron chi connectivity index (χ3n) is 2.91. The first-order valence-corrected chi connectivity index (χ1v) is 5.04. The number of phenols is 1. The Balaban J connectivity index is 1.93. The Morgan fingerprint density at radius 1 is 1.33 bits per heavy atom. The van der Waals surface area contributed by atoms with E-state index in [1.807, 2.05) is 0 Å². The number of fused-ring (bicyclic) bond motifs is 1. The van der Waals surface area contributed by atoms with Crippen molar-refractivity contribution in [1.29, 1.82) is 0 Å². The zero-order valence-corrected chi connectivity index (χ0v) is 8.07. The molecule has 2 aliphatic heterocycles. The van der Waals surface area contributed by atoms with Gasteiger partial charge in [0, 0.05) is 5.56 Å². The van der Waals surface area contributed by atoms with Crippen LogP contribution in [0.4, 0.5) is 4.39 Å². The number of halogens is 1. The Bertz CT molecular complexity index is 401. The standard InChI is InChI=1S/C11H11FO3/c12-11-6-1-3-9(10-5-14-10)15-8(6)4-2-7(11)13/h2,4,9-10,13H,1,3,5H2/t9-,10-/m0/s1. The molecule has 1 aromatic rings. The van der Waals surface area contributed by atoms with Crippen molar-refractivity contribution in [3.63, 3.8) is 0 Å². The van der Waals surface area contributed by atoms with Crippen molar-refractivity contribution in [3.8, 4) is 11.5 Å². The van der Waals surface area contributed by atoms with Crippen molar-refractivity contribution in [3.05, 3.63) is 23.5 Å². The van der Waals surface area contributed by atoms with Gasteiger partial charge in [0.15, 0.2) is 11.6 Å². The van der Waals surface area contributed by atoms with Crippen LogP contribution in [-0.4, -0.2) is 23.9 Å². The average molecular weight is 210 g/mol. The SMILES string of the molecule is Oc1ccc2c(c1F)CC[C@@H]([C@@H]1CO1)O2. The van der Waals surface area contributed by atoms with Gasteiger partial charge in [-0.15, -0.1) is 0 Å². The Hall–Kier alpha value is -1.29. The summed E-state index contributed by atoms with van der Waals surface area (Å²) < 4.78 is 24.2. The van der Waals surface area contributed by atoms with E-state index in [0.29, 0.717) is 17.7 Å². The first-order chi connectivity index (χ1) is 7.25. The van der Waals surface area contributed by atoms with Crippen LogP contribution in [0, 0.1) is 5.82 Å². The van der Waals surface area contributed by atoms with Crippen molar-refractivity contribution in [2.45, 2.75) is 25.0 Å². The number of rotatable bonds is 1. The van der Waals surface area contributed by atoms with Crippen molar-refractivity contribution in [1.82, 2.24) is 0 Å². The molecule has 3 rings (SSSR count). The van der Waals surface area contributed by atoms with Gasteiger partial charge in [0.2, 0.25) is 0 Å². The zero-order chi connectivity index (χ0) is 10.4. The van der Waals surface area contributed by atoms with Crippen LogP contribution >= 0.6 is 0 Å². The van der Waals surface area contributed by atoms with Gasteiger partial charge in [-0.1, -0.05) is 0 Å². The summed E-state index contributed by atoms with van der Waals surface area (Å²) in [5.74, 6) is -0.321. The third-order valence-corrected chi connectivity index (χ3v) is 2.91. The van der Waals surface area contributed by atoms with Crippen molar-refractivity contribution >= 4 is 0 Å². The molecule has 0 amide bonds. The van der Waals surface area contributed by atoms with E-state index in [1.54, 1.807) is 6.07 Å². The second-order valence-corrected chi connectivity index (χ2v) is 3.94. The van der Waals surface area contributed by atoms with Crippen LogP contribution in [0.5, 0.6) is 11.5 Å². The summed E-state index contributed by atoms with van der Waals surface area (Å²) in [6.45, 7) is 0.737. The molecule has 0 spiro atoms. The molecular formula is C11H11FO3. The number of benzene rings is 1. The summed E-state index contributed by atoms with van der Waals surface area (Å²) in [5, 5.41) is 9.21. The first-order valence-electron chi connectivity index (χ1n) is 5.04.